The molecule has 0 amide bonds. The van der Waals surface area contributed by atoms with Crippen LogP contribution in [-0.4, -0.2) is 49.4 Å². The van der Waals surface area contributed by atoms with Gasteiger partial charge in [-0.05, 0) is 42.9 Å². The van der Waals surface area contributed by atoms with Crippen LogP contribution in [0.3, 0.4) is 0 Å². The lowest BCUT2D eigenvalue weighted by molar-refractivity contribution is 0.174. The standard InChI is InChI=1S/C23H26N4O3/c1-2-26-7-9-27(10-8-26)19-5-3-18(4-6-19)24-14-17-11-16-12-21-22(30-15-29-21)13-20(16)25-23(17)28/h3-6,11-13,24H,2,7-10,14-15H2,1H3,(H,25,28). The molecule has 7 nitrogen and oxygen atoms in total. The highest BCUT2D eigenvalue weighted by Crippen LogP contribution is 2.35. The molecule has 1 fully saturated rings. The number of rotatable bonds is 5. The average molecular weight is 406 g/mol. The van der Waals surface area contributed by atoms with Crippen LogP contribution in [0.15, 0.2) is 47.3 Å². The van der Waals surface area contributed by atoms with E-state index in [2.05, 4.69) is 51.3 Å². The van der Waals surface area contributed by atoms with Gasteiger partial charge < -0.3 is 29.6 Å². The fourth-order valence-corrected chi connectivity index (χ4v) is 4.08. The van der Waals surface area contributed by atoms with E-state index in [4.69, 9.17) is 9.47 Å². The minimum Gasteiger partial charge on any atom is -0.454 e. The summed E-state index contributed by atoms with van der Waals surface area (Å²) >= 11 is 0. The first kappa shape index (κ1) is 18.8. The Hall–Kier alpha value is -3.19. The topological polar surface area (TPSA) is 69.8 Å². The third kappa shape index (κ3) is 3.68. The van der Waals surface area contributed by atoms with Gasteiger partial charge in [0, 0.05) is 61.1 Å². The van der Waals surface area contributed by atoms with Gasteiger partial charge in [0.2, 0.25) is 6.79 Å². The van der Waals surface area contributed by atoms with Crippen LogP contribution in [0.25, 0.3) is 10.9 Å². The minimum atomic E-state index is -0.0979. The molecule has 0 spiro atoms. The van der Waals surface area contributed by atoms with Gasteiger partial charge in [0.25, 0.3) is 5.56 Å². The quantitative estimate of drug-likeness (QED) is 0.679. The van der Waals surface area contributed by atoms with Gasteiger partial charge in [-0.1, -0.05) is 6.92 Å². The third-order valence-corrected chi connectivity index (χ3v) is 5.95. The lowest BCUT2D eigenvalue weighted by atomic mass is 10.1. The zero-order valence-electron chi connectivity index (χ0n) is 17.1. The van der Waals surface area contributed by atoms with Crippen LogP contribution in [0.2, 0.25) is 0 Å². The van der Waals surface area contributed by atoms with Crippen molar-refractivity contribution < 1.29 is 9.47 Å². The number of hydrogen-bond acceptors (Lipinski definition) is 6. The molecule has 3 aromatic rings. The maximum absolute atomic E-state index is 12.5. The Morgan fingerprint density at radius 2 is 1.73 bits per heavy atom. The first-order valence-corrected chi connectivity index (χ1v) is 10.5. The molecule has 0 unspecified atom stereocenters. The Morgan fingerprint density at radius 3 is 2.47 bits per heavy atom. The van der Waals surface area contributed by atoms with E-state index in [0.717, 1.165) is 49.3 Å². The predicted octanol–water partition coefficient (Wildman–Crippen LogP) is 3.01. The number of fused-ring (bicyclic) bond motifs is 2. The number of aromatic amines is 1. The smallest absolute Gasteiger partial charge is 0.253 e. The molecule has 7 heteroatoms. The third-order valence-electron chi connectivity index (χ3n) is 5.95. The van der Waals surface area contributed by atoms with Crippen LogP contribution in [0, 0.1) is 0 Å². The summed E-state index contributed by atoms with van der Waals surface area (Å²) in [7, 11) is 0. The summed E-state index contributed by atoms with van der Waals surface area (Å²) in [5.74, 6) is 1.38. The fraction of sp³-hybridized carbons (Fsp3) is 0.348. The summed E-state index contributed by atoms with van der Waals surface area (Å²) < 4.78 is 10.8. The first-order valence-electron chi connectivity index (χ1n) is 10.5. The second kappa shape index (κ2) is 7.91. The molecular weight excluding hydrogens is 380 g/mol. The number of H-pyrrole nitrogens is 1. The van der Waals surface area contributed by atoms with E-state index in [1.54, 1.807) is 0 Å². The van der Waals surface area contributed by atoms with Gasteiger partial charge in [-0.3, -0.25) is 4.79 Å². The molecule has 0 radical (unpaired) electrons. The Kier molecular flexibility index (Phi) is 4.96. The molecule has 0 bridgehead atoms. The molecule has 2 aliphatic heterocycles. The molecule has 0 aliphatic carbocycles. The van der Waals surface area contributed by atoms with Gasteiger partial charge in [-0.25, -0.2) is 0 Å². The molecule has 0 saturated carbocycles. The van der Waals surface area contributed by atoms with Gasteiger partial charge in [-0.2, -0.15) is 0 Å². The van der Waals surface area contributed by atoms with Crippen molar-refractivity contribution in [3.8, 4) is 11.5 Å². The molecule has 5 rings (SSSR count). The number of hydrogen-bond donors (Lipinski definition) is 2. The van der Waals surface area contributed by atoms with Crippen molar-refractivity contribution in [3.05, 3.63) is 58.4 Å². The normalized spacial score (nSPS) is 16.2. The van der Waals surface area contributed by atoms with Crippen LogP contribution < -0.4 is 25.2 Å². The average Bonchev–Trinajstić information content (AvgIpc) is 3.24. The highest BCUT2D eigenvalue weighted by atomic mass is 16.7. The SMILES string of the molecule is CCN1CCN(c2ccc(NCc3cc4cc5c(cc4[nH]c3=O)OCO5)cc2)CC1. The van der Waals surface area contributed by atoms with Crippen molar-refractivity contribution >= 4 is 22.3 Å². The van der Waals surface area contributed by atoms with Gasteiger partial charge in [0.1, 0.15) is 0 Å². The van der Waals surface area contributed by atoms with Gasteiger partial charge in [-0.15, -0.1) is 0 Å². The Balaban J connectivity index is 1.27. The second-order valence-corrected chi connectivity index (χ2v) is 7.74. The van der Waals surface area contributed by atoms with E-state index in [1.165, 1.54) is 5.69 Å². The van der Waals surface area contributed by atoms with Crippen LogP contribution in [0.1, 0.15) is 12.5 Å². The van der Waals surface area contributed by atoms with Crippen molar-refractivity contribution in [1.29, 1.82) is 0 Å². The number of anilines is 2. The Bertz CT molecular complexity index is 1100. The van der Waals surface area contributed by atoms with E-state index in [-0.39, 0.29) is 12.4 Å². The van der Waals surface area contributed by atoms with E-state index in [1.807, 2.05) is 18.2 Å². The molecule has 2 aliphatic rings. The highest BCUT2D eigenvalue weighted by Gasteiger charge is 2.16. The number of likely N-dealkylation sites (N-methyl/N-ethyl adjacent to an activating group) is 1. The molecule has 0 atom stereocenters. The summed E-state index contributed by atoms with van der Waals surface area (Å²) in [5, 5.41) is 4.29. The minimum absolute atomic E-state index is 0.0979. The number of piperazine rings is 1. The molecule has 2 aromatic carbocycles. The van der Waals surface area contributed by atoms with Gasteiger partial charge in [0.15, 0.2) is 11.5 Å². The predicted molar refractivity (Wildman–Crippen MR) is 119 cm³/mol. The number of ether oxygens (including phenoxy) is 2. The molecule has 1 saturated heterocycles. The Morgan fingerprint density at radius 1 is 1.00 bits per heavy atom. The summed E-state index contributed by atoms with van der Waals surface area (Å²) in [6.07, 6.45) is 0. The monoisotopic (exact) mass is 406 g/mol. The second-order valence-electron chi connectivity index (χ2n) is 7.74. The summed E-state index contributed by atoms with van der Waals surface area (Å²) in [6, 6.07) is 14.1. The Labute approximate surface area is 175 Å². The maximum Gasteiger partial charge on any atom is 0.253 e. The van der Waals surface area contributed by atoms with Crippen molar-refractivity contribution in [1.82, 2.24) is 9.88 Å². The van der Waals surface area contributed by atoms with Crippen molar-refractivity contribution in [3.63, 3.8) is 0 Å². The fourth-order valence-electron chi connectivity index (χ4n) is 4.08. The van der Waals surface area contributed by atoms with Gasteiger partial charge >= 0.3 is 0 Å². The number of benzene rings is 2. The number of nitrogens with zero attached hydrogens (tertiary/aromatic N) is 2. The van der Waals surface area contributed by atoms with Crippen molar-refractivity contribution in [2.75, 3.05) is 49.7 Å². The number of aromatic nitrogens is 1. The summed E-state index contributed by atoms with van der Waals surface area (Å²) in [4.78, 5) is 20.3. The van der Waals surface area contributed by atoms with Gasteiger partial charge in [0.05, 0.1) is 5.52 Å². The molecular formula is C23H26N4O3. The molecule has 2 N–H and O–H groups in total. The zero-order valence-corrected chi connectivity index (χ0v) is 17.1. The summed E-state index contributed by atoms with van der Waals surface area (Å²) in [5.41, 5.74) is 3.58. The van der Waals surface area contributed by atoms with Crippen LogP contribution in [0.5, 0.6) is 11.5 Å². The molecule has 156 valence electrons. The zero-order chi connectivity index (χ0) is 20.5. The lowest BCUT2D eigenvalue weighted by Gasteiger charge is -2.35. The van der Waals surface area contributed by atoms with Crippen molar-refractivity contribution in [2.45, 2.75) is 13.5 Å². The summed E-state index contributed by atoms with van der Waals surface area (Å²) in [6.45, 7) is 8.35. The first-order chi connectivity index (χ1) is 14.7. The number of nitrogens with one attached hydrogen (secondary N) is 2. The van der Waals surface area contributed by atoms with Crippen molar-refractivity contribution in [2.24, 2.45) is 0 Å². The molecule has 3 heterocycles. The van der Waals surface area contributed by atoms with E-state index in [0.29, 0.717) is 23.6 Å². The largest absolute Gasteiger partial charge is 0.454 e. The van der Waals surface area contributed by atoms with E-state index < -0.39 is 0 Å². The maximum atomic E-state index is 12.5. The molecule has 1 aromatic heterocycles. The van der Waals surface area contributed by atoms with Crippen LogP contribution in [0.4, 0.5) is 11.4 Å². The number of pyridine rings is 1. The van der Waals surface area contributed by atoms with Crippen LogP contribution >= 0.6 is 0 Å². The van der Waals surface area contributed by atoms with E-state index in [9.17, 15) is 4.79 Å². The highest BCUT2D eigenvalue weighted by molar-refractivity contribution is 5.83. The lowest BCUT2D eigenvalue weighted by Crippen LogP contribution is -2.46. The molecule has 30 heavy (non-hydrogen) atoms. The van der Waals surface area contributed by atoms with Crippen LogP contribution in [-0.2, 0) is 6.54 Å². The van der Waals surface area contributed by atoms with E-state index >= 15 is 0 Å².